The van der Waals surface area contributed by atoms with Crippen molar-refractivity contribution < 1.29 is 14.7 Å². The normalized spacial score (nSPS) is 29.6. The van der Waals surface area contributed by atoms with Gasteiger partial charge in [-0.3, -0.25) is 24.8 Å². The van der Waals surface area contributed by atoms with E-state index in [1.54, 1.807) is 12.1 Å². The lowest BCUT2D eigenvalue weighted by Crippen LogP contribution is -2.39. The Labute approximate surface area is 186 Å². The van der Waals surface area contributed by atoms with Gasteiger partial charge in [0.2, 0.25) is 11.8 Å². The zero-order chi connectivity index (χ0) is 21.0. The van der Waals surface area contributed by atoms with Crippen molar-refractivity contribution in [3.63, 3.8) is 0 Å². The van der Waals surface area contributed by atoms with Crippen LogP contribution in [0.2, 0.25) is 0 Å². The van der Waals surface area contributed by atoms with Crippen LogP contribution in [0.4, 0.5) is 0 Å². The number of benzene rings is 2. The number of nitrogens with two attached hydrogens (primary N) is 1. The summed E-state index contributed by atoms with van der Waals surface area (Å²) in [5.41, 5.74) is 8.02. The summed E-state index contributed by atoms with van der Waals surface area (Å²) in [7, 11) is 0. The number of amidine groups is 1. The second-order valence-corrected chi connectivity index (χ2v) is 8.43. The third-order valence-corrected chi connectivity index (χ3v) is 6.71. The van der Waals surface area contributed by atoms with Gasteiger partial charge in [0, 0.05) is 24.2 Å². The first kappa shape index (κ1) is 21.5. The first-order valence-corrected chi connectivity index (χ1v) is 10.2. The lowest BCUT2D eigenvalue weighted by molar-refractivity contribution is -0.142. The van der Waals surface area contributed by atoms with E-state index in [1.165, 1.54) is 4.90 Å². The highest BCUT2D eigenvalue weighted by molar-refractivity contribution is 6.06. The van der Waals surface area contributed by atoms with Crippen molar-refractivity contribution in [2.75, 3.05) is 6.54 Å². The van der Waals surface area contributed by atoms with Crippen LogP contribution in [0.25, 0.3) is 0 Å². The van der Waals surface area contributed by atoms with Crippen LogP contribution in [0, 0.1) is 17.2 Å². The fourth-order valence-electron chi connectivity index (χ4n) is 5.44. The molecule has 0 bridgehead atoms. The number of halogens is 1. The molecule has 31 heavy (non-hydrogen) atoms. The molecule has 3 fully saturated rings. The van der Waals surface area contributed by atoms with Crippen LogP contribution in [-0.4, -0.2) is 51.2 Å². The number of rotatable bonds is 4. The number of aliphatic hydroxyl groups excluding tert-OH is 1. The predicted octanol–water partition coefficient (Wildman–Crippen LogP) is 1.68. The van der Waals surface area contributed by atoms with Gasteiger partial charge in [-0.1, -0.05) is 54.6 Å². The Bertz CT molecular complexity index is 1010. The summed E-state index contributed by atoms with van der Waals surface area (Å²) >= 11 is 0. The molecule has 8 heteroatoms. The van der Waals surface area contributed by atoms with E-state index in [4.69, 9.17) is 11.1 Å². The third-order valence-electron chi connectivity index (χ3n) is 6.71. The van der Waals surface area contributed by atoms with Crippen LogP contribution in [0.3, 0.4) is 0 Å². The Balaban J connectivity index is 0.00000231. The van der Waals surface area contributed by atoms with E-state index >= 15 is 0 Å². The lowest BCUT2D eigenvalue weighted by atomic mass is 9.85. The second kappa shape index (κ2) is 8.07. The average Bonchev–Trinajstić information content (AvgIpc) is 3.33. The number of carbonyl (C=O) groups is 2. The van der Waals surface area contributed by atoms with Gasteiger partial charge in [0.05, 0.1) is 24.5 Å². The number of fused-ring (bicyclic) bond motifs is 3. The highest BCUT2D eigenvalue weighted by Gasteiger charge is 2.63. The highest BCUT2D eigenvalue weighted by Crippen LogP contribution is 2.53. The van der Waals surface area contributed by atoms with Gasteiger partial charge in [-0.25, -0.2) is 0 Å². The summed E-state index contributed by atoms with van der Waals surface area (Å²) in [6.45, 7) is 0.729. The summed E-state index contributed by atoms with van der Waals surface area (Å²) in [6, 6.07) is 16.4. The zero-order valence-electron chi connectivity index (χ0n) is 16.8. The molecule has 0 unspecified atom stereocenters. The SMILES string of the molecule is Cl.N=C(N)c1ccc([C@@H]2[C@@H]3C(=O)N(Cc4ccccc4)C(=O)[C@@H]3[C@H]3C[C@H](O)CN32)cc1. The molecule has 3 saturated heterocycles. The highest BCUT2D eigenvalue weighted by atomic mass is 35.5. The molecule has 3 heterocycles. The molecule has 162 valence electrons. The standard InChI is InChI=1S/C23H24N4O3.ClH/c24-21(25)15-8-6-14(7-9-15)20-19-18(17-10-16(28)12-26(17)20)22(29)27(23(19)30)11-13-4-2-1-3-5-13;/h1-9,16-20,28H,10-12H2,(H3,24,25);1H/t16-,17+,18+,19+,20+;/m0./s1. The van der Waals surface area contributed by atoms with Gasteiger partial charge in [0.15, 0.2) is 0 Å². The van der Waals surface area contributed by atoms with E-state index in [9.17, 15) is 14.7 Å². The molecule has 0 aromatic heterocycles. The van der Waals surface area contributed by atoms with Crippen molar-refractivity contribution in [2.24, 2.45) is 17.6 Å². The smallest absolute Gasteiger partial charge is 0.235 e. The van der Waals surface area contributed by atoms with Gasteiger partial charge in [-0.15, -0.1) is 12.4 Å². The summed E-state index contributed by atoms with van der Waals surface area (Å²) in [5.74, 6) is -1.18. The largest absolute Gasteiger partial charge is 0.392 e. The van der Waals surface area contributed by atoms with Crippen LogP contribution >= 0.6 is 12.4 Å². The van der Waals surface area contributed by atoms with E-state index < -0.39 is 17.9 Å². The van der Waals surface area contributed by atoms with E-state index in [1.807, 2.05) is 42.5 Å². The molecule has 0 aliphatic carbocycles. The van der Waals surface area contributed by atoms with Gasteiger partial charge < -0.3 is 10.8 Å². The molecule has 2 amide bonds. The first-order valence-electron chi connectivity index (χ1n) is 10.2. The van der Waals surface area contributed by atoms with Crippen molar-refractivity contribution in [3.05, 3.63) is 71.3 Å². The number of imide groups is 1. The zero-order valence-corrected chi connectivity index (χ0v) is 17.7. The molecule has 2 aromatic rings. The number of hydrogen-bond donors (Lipinski definition) is 3. The van der Waals surface area contributed by atoms with Crippen LogP contribution in [0.1, 0.15) is 29.2 Å². The summed E-state index contributed by atoms with van der Waals surface area (Å²) < 4.78 is 0. The Morgan fingerprint density at radius 2 is 1.68 bits per heavy atom. The molecular formula is C23H25ClN4O3. The fraction of sp³-hybridized carbons (Fsp3) is 0.348. The van der Waals surface area contributed by atoms with E-state index in [-0.39, 0.29) is 48.7 Å². The van der Waals surface area contributed by atoms with Crippen LogP contribution in [0.15, 0.2) is 54.6 Å². The summed E-state index contributed by atoms with van der Waals surface area (Å²) in [5, 5.41) is 17.9. The van der Waals surface area contributed by atoms with E-state index in [0.29, 0.717) is 18.5 Å². The number of carbonyl (C=O) groups excluding carboxylic acids is 2. The van der Waals surface area contributed by atoms with E-state index in [0.717, 1.165) is 11.1 Å². The second-order valence-electron chi connectivity index (χ2n) is 8.43. The van der Waals surface area contributed by atoms with Gasteiger partial charge >= 0.3 is 0 Å². The first-order chi connectivity index (χ1) is 14.5. The molecule has 0 saturated carbocycles. The molecule has 2 aromatic carbocycles. The quantitative estimate of drug-likeness (QED) is 0.380. The minimum absolute atomic E-state index is 0. The number of nitrogens with zero attached hydrogens (tertiary/aromatic N) is 2. The van der Waals surface area contributed by atoms with Gasteiger partial charge in [0.1, 0.15) is 5.84 Å². The van der Waals surface area contributed by atoms with Crippen molar-refractivity contribution in [1.82, 2.24) is 9.80 Å². The molecule has 0 spiro atoms. The molecule has 5 atom stereocenters. The maximum absolute atomic E-state index is 13.4. The maximum atomic E-state index is 13.4. The summed E-state index contributed by atoms with van der Waals surface area (Å²) in [4.78, 5) is 30.3. The Morgan fingerprint density at radius 1 is 1.03 bits per heavy atom. The molecule has 5 rings (SSSR count). The fourth-order valence-corrected chi connectivity index (χ4v) is 5.44. The molecule has 3 aliphatic rings. The minimum atomic E-state index is -0.499. The number of amides is 2. The molecule has 0 radical (unpaired) electrons. The average molecular weight is 441 g/mol. The Kier molecular flexibility index (Phi) is 5.60. The van der Waals surface area contributed by atoms with Gasteiger partial charge in [-0.2, -0.15) is 0 Å². The van der Waals surface area contributed by atoms with Crippen molar-refractivity contribution in [3.8, 4) is 0 Å². The van der Waals surface area contributed by atoms with Crippen LogP contribution in [0.5, 0.6) is 0 Å². The number of likely N-dealkylation sites (tertiary alicyclic amines) is 1. The minimum Gasteiger partial charge on any atom is -0.392 e. The number of nitrogen functional groups attached to an aromatic ring is 1. The Morgan fingerprint density at radius 3 is 2.32 bits per heavy atom. The number of aliphatic hydroxyl groups is 1. The van der Waals surface area contributed by atoms with E-state index in [2.05, 4.69) is 4.90 Å². The molecule has 7 nitrogen and oxygen atoms in total. The molecule has 4 N–H and O–H groups in total. The molecular weight excluding hydrogens is 416 g/mol. The van der Waals surface area contributed by atoms with Crippen LogP contribution in [-0.2, 0) is 16.1 Å². The maximum Gasteiger partial charge on any atom is 0.235 e. The predicted molar refractivity (Wildman–Crippen MR) is 118 cm³/mol. The number of nitrogens with one attached hydrogen (secondary N) is 1. The monoisotopic (exact) mass is 440 g/mol. The third kappa shape index (κ3) is 3.43. The van der Waals surface area contributed by atoms with Gasteiger partial charge in [0.25, 0.3) is 0 Å². The van der Waals surface area contributed by atoms with Crippen molar-refractivity contribution >= 4 is 30.1 Å². The van der Waals surface area contributed by atoms with Crippen LogP contribution < -0.4 is 5.73 Å². The summed E-state index contributed by atoms with van der Waals surface area (Å²) in [6.07, 6.45) is 0.00232. The topological polar surface area (TPSA) is 111 Å². The lowest BCUT2D eigenvalue weighted by Gasteiger charge is -2.29. The molecule has 3 aliphatic heterocycles. The van der Waals surface area contributed by atoms with Crippen molar-refractivity contribution in [1.29, 1.82) is 5.41 Å². The van der Waals surface area contributed by atoms with Gasteiger partial charge in [-0.05, 0) is 17.5 Å². The van der Waals surface area contributed by atoms with Crippen molar-refractivity contribution in [2.45, 2.75) is 31.2 Å². The number of hydrogen-bond acceptors (Lipinski definition) is 5. The Hall–Kier alpha value is -2.74.